The lowest BCUT2D eigenvalue weighted by atomic mass is 10.0. The van der Waals surface area contributed by atoms with Crippen molar-refractivity contribution in [3.8, 4) is 5.75 Å². The predicted molar refractivity (Wildman–Crippen MR) is 73.6 cm³/mol. The highest BCUT2D eigenvalue weighted by Gasteiger charge is 2.17. The summed E-state index contributed by atoms with van der Waals surface area (Å²) in [7, 11) is 0. The largest absolute Gasteiger partial charge is 0.484 e. The third kappa shape index (κ3) is 4.72. The van der Waals surface area contributed by atoms with Crippen molar-refractivity contribution < 1.29 is 9.53 Å². The summed E-state index contributed by atoms with van der Waals surface area (Å²) in [5.41, 5.74) is 0. The van der Waals surface area contributed by atoms with Gasteiger partial charge in [-0.05, 0) is 18.2 Å². The number of hydrogen-bond donors (Lipinski definition) is 2. The van der Waals surface area contributed by atoms with Gasteiger partial charge in [-0.3, -0.25) is 4.79 Å². The van der Waals surface area contributed by atoms with Crippen molar-refractivity contribution in [1.82, 2.24) is 10.6 Å². The number of rotatable bonds is 5. The minimum atomic E-state index is -0.100. The van der Waals surface area contributed by atoms with E-state index in [1.54, 1.807) is 24.3 Å². The summed E-state index contributed by atoms with van der Waals surface area (Å²) in [5, 5.41) is 6.58. The van der Waals surface area contributed by atoms with Gasteiger partial charge in [-0.2, -0.15) is 0 Å². The van der Waals surface area contributed by atoms with Crippen LogP contribution in [0.5, 0.6) is 5.75 Å². The zero-order valence-electron chi connectivity index (χ0n) is 9.82. The SMILES string of the molecule is Cl.O=C(COc1cccc(Cl)c1)NCC1CNC1. The van der Waals surface area contributed by atoms with E-state index in [-0.39, 0.29) is 24.9 Å². The molecule has 0 atom stereocenters. The van der Waals surface area contributed by atoms with Crippen LogP contribution in [0.15, 0.2) is 24.3 Å². The molecule has 0 aromatic heterocycles. The molecule has 0 aliphatic carbocycles. The van der Waals surface area contributed by atoms with E-state index in [2.05, 4.69) is 10.6 Å². The van der Waals surface area contributed by atoms with Crippen LogP contribution in [0.3, 0.4) is 0 Å². The van der Waals surface area contributed by atoms with Crippen LogP contribution >= 0.6 is 24.0 Å². The molecule has 1 fully saturated rings. The van der Waals surface area contributed by atoms with E-state index in [1.807, 2.05) is 0 Å². The molecule has 1 amide bonds. The fourth-order valence-electron chi connectivity index (χ4n) is 1.51. The number of benzene rings is 1. The molecule has 4 nitrogen and oxygen atoms in total. The van der Waals surface area contributed by atoms with E-state index in [1.165, 1.54) is 0 Å². The molecule has 0 bridgehead atoms. The van der Waals surface area contributed by atoms with Crippen LogP contribution in [0, 0.1) is 5.92 Å². The summed E-state index contributed by atoms with van der Waals surface area (Å²) in [5.74, 6) is 1.07. The Morgan fingerprint density at radius 2 is 2.28 bits per heavy atom. The van der Waals surface area contributed by atoms with Crippen molar-refractivity contribution in [3.63, 3.8) is 0 Å². The molecule has 1 aliphatic heterocycles. The molecule has 0 saturated carbocycles. The molecule has 1 aromatic rings. The maximum atomic E-state index is 11.5. The first-order valence-corrected chi connectivity index (χ1v) is 5.97. The Balaban J connectivity index is 0.00000162. The van der Waals surface area contributed by atoms with Gasteiger partial charge in [0.2, 0.25) is 0 Å². The summed E-state index contributed by atoms with van der Waals surface area (Å²) < 4.78 is 5.32. The van der Waals surface area contributed by atoms with Gasteiger partial charge >= 0.3 is 0 Å². The minimum absolute atomic E-state index is 0. The van der Waals surface area contributed by atoms with Crippen LogP contribution in [0.4, 0.5) is 0 Å². The van der Waals surface area contributed by atoms with Crippen molar-refractivity contribution in [2.45, 2.75) is 0 Å². The first-order valence-electron chi connectivity index (χ1n) is 5.60. The number of carbonyl (C=O) groups is 1. The van der Waals surface area contributed by atoms with Crippen LogP contribution in [0.1, 0.15) is 0 Å². The second-order valence-electron chi connectivity index (χ2n) is 4.07. The summed E-state index contributed by atoms with van der Waals surface area (Å²) in [6.07, 6.45) is 0. The Morgan fingerprint density at radius 1 is 1.50 bits per heavy atom. The Morgan fingerprint density at radius 3 is 2.89 bits per heavy atom. The Labute approximate surface area is 117 Å². The second kappa shape index (κ2) is 7.46. The molecule has 0 spiro atoms. The predicted octanol–water partition coefficient (Wildman–Crippen LogP) is 1.48. The lowest BCUT2D eigenvalue weighted by Crippen LogP contribution is -2.48. The summed E-state index contributed by atoms with van der Waals surface area (Å²) in [4.78, 5) is 11.5. The van der Waals surface area contributed by atoms with Crippen LogP contribution in [0.2, 0.25) is 5.02 Å². The highest BCUT2D eigenvalue weighted by molar-refractivity contribution is 6.30. The quantitative estimate of drug-likeness (QED) is 0.864. The van der Waals surface area contributed by atoms with Gasteiger partial charge < -0.3 is 15.4 Å². The van der Waals surface area contributed by atoms with Crippen LogP contribution < -0.4 is 15.4 Å². The van der Waals surface area contributed by atoms with Gasteiger partial charge in [-0.15, -0.1) is 12.4 Å². The molecule has 2 rings (SSSR count). The van der Waals surface area contributed by atoms with Gasteiger partial charge in [0.15, 0.2) is 6.61 Å². The van der Waals surface area contributed by atoms with Gasteiger partial charge in [0.25, 0.3) is 5.91 Å². The van der Waals surface area contributed by atoms with Crippen LogP contribution in [-0.4, -0.2) is 32.1 Å². The molecule has 6 heteroatoms. The highest BCUT2D eigenvalue weighted by atomic mass is 35.5. The first-order chi connectivity index (χ1) is 8.24. The zero-order chi connectivity index (χ0) is 12.1. The third-order valence-electron chi connectivity index (χ3n) is 2.62. The highest BCUT2D eigenvalue weighted by Crippen LogP contribution is 2.16. The number of amides is 1. The fourth-order valence-corrected chi connectivity index (χ4v) is 1.69. The van der Waals surface area contributed by atoms with Crippen molar-refractivity contribution in [3.05, 3.63) is 29.3 Å². The normalized spacial score (nSPS) is 14.3. The minimum Gasteiger partial charge on any atom is -0.484 e. The van der Waals surface area contributed by atoms with Gasteiger partial charge in [0, 0.05) is 30.6 Å². The number of ether oxygens (including phenoxy) is 1. The molecular formula is C12H16Cl2N2O2. The Bertz CT molecular complexity index is 397. The van der Waals surface area contributed by atoms with Gasteiger partial charge in [0.05, 0.1) is 0 Å². The van der Waals surface area contributed by atoms with Gasteiger partial charge in [-0.25, -0.2) is 0 Å². The third-order valence-corrected chi connectivity index (χ3v) is 2.86. The molecular weight excluding hydrogens is 275 g/mol. The lowest BCUT2D eigenvalue weighted by molar-refractivity contribution is -0.123. The molecule has 1 saturated heterocycles. The maximum absolute atomic E-state index is 11.5. The van der Waals surface area contributed by atoms with Crippen molar-refractivity contribution in [2.24, 2.45) is 5.92 Å². The van der Waals surface area contributed by atoms with Gasteiger partial charge in [-0.1, -0.05) is 17.7 Å². The molecule has 100 valence electrons. The summed E-state index contributed by atoms with van der Waals surface area (Å²) in [6, 6.07) is 7.01. The van der Waals surface area contributed by atoms with Crippen molar-refractivity contribution in [1.29, 1.82) is 0 Å². The Hall–Kier alpha value is -0.970. The molecule has 0 unspecified atom stereocenters. The number of hydrogen-bond acceptors (Lipinski definition) is 3. The van der Waals surface area contributed by atoms with E-state index >= 15 is 0 Å². The zero-order valence-corrected chi connectivity index (χ0v) is 11.4. The number of nitrogens with one attached hydrogen (secondary N) is 2. The topological polar surface area (TPSA) is 50.4 Å². The second-order valence-corrected chi connectivity index (χ2v) is 4.51. The summed E-state index contributed by atoms with van der Waals surface area (Å²) in [6.45, 7) is 2.70. The van der Waals surface area contributed by atoms with Crippen LogP contribution in [0.25, 0.3) is 0 Å². The number of halogens is 2. The van der Waals surface area contributed by atoms with E-state index < -0.39 is 0 Å². The van der Waals surface area contributed by atoms with Crippen LogP contribution in [-0.2, 0) is 4.79 Å². The van der Waals surface area contributed by atoms with E-state index in [4.69, 9.17) is 16.3 Å². The average Bonchev–Trinajstić information content (AvgIpc) is 2.24. The maximum Gasteiger partial charge on any atom is 0.257 e. The monoisotopic (exact) mass is 290 g/mol. The lowest BCUT2D eigenvalue weighted by Gasteiger charge is -2.27. The molecule has 1 aromatic carbocycles. The Kier molecular flexibility index (Phi) is 6.25. The number of carbonyl (C=O) groups excluding carboxylic acids is 1. The standard InChI is InChI=1S/C12H15ClN2O2.ClH/c13-10-2-1-3-11(4-10)17-8-12(16)15-7-9-5-14-6-9;/h1-4,9,14H,5-8H2,(H,15,16);1H. The summed E-state index contributed by atoms with van der Waals surface area (Å²) >= 11 is 5.80. The molecule has 0 radical (unpaired) electrons. The van der Waals surface area contributed by atoms with Crippen molar-refractivity contribution in [2.75, 3.05) is 26.2 Å². The smallest absolute Gasteiger partial charge is 0.257 e. The fraction of sp³-hybridized carbons (Fsp3) is 0.417. The first kappa shape index (κ1) is 15.1. The van der Waals surface area contributed by atoms with E-state index in [9.17, 15) is 4.79 Å². The molecule has 18 heavy (non-hydrogen) atoms. The molecule has 1 heterocycles. The molecule has 1 aliphatic rings. The average molecular weight is 291 g/mol. The van der Waals surface area contributed by atoms with Gasteiger partial charge in [0.1, 0.15) is 5.75 Å². The van der Waals surface area contributed by atoms with Crippen molar-refractivity contribution >= 4 is 29.9 Å². The van der Waals surface area contributed by atoms with E-state index in [0.29, 0.717) is 23.2 Å². The van der Waals surface area contributed by atoms with E-state index in [0.717, 1.165) is 13.1 Å². The molecule has 2 N–H and O–H groups in total.